The third-order valence-corrected chi connectivity index (χ3v) is 3.80. The maximum absolute atomic E-state index is 13.9. The predicted molar refractivity (Wildman–Crippen MR) is 85.0 cm³/mol. The van der Waals surface area contributed by atoms with E-state index in [0.717, 1.165) is 12.3 Å². The van der Waals surface area contributed by atoms with Gasteiger partial charge in [-0.3, -0.25) is 4.98 Å². The van der Waals surface area contributed by atoms with Crippen LogP contribution in [0.4, 0.5) is 17.6 Å². The maximum atomic E-state index is 13.9. The number of rotatable bonds is 6. The van der Waals surface area contributed by atoms with E-state index in [1.54, 1.807) is 0 Å². The largest absolute Gasteiger partial charge is 0.433 e. The van der Waals surface area contributed by atoms with Gasteiger partial charge in [0.05, 0.1) is 18.0 Å². The monoisotopic (exact) mass is 357 g/mol. The minimum atomic E-state index is -4.51. The molecule has 2 rings (SSSR count). The zero-order valence-corrected chi connectivity index (χ0v) is 13.8. The summed E-state index contributed by atoms with van der Waals surface area (Å²) < 4.78 is 51.6. The lowest BCUT2D eigenvalue weighted by atomic mass is 10.1. The van der Waals surface area contributed by atoms with Crippen molar-refractivity contribution >= 4 is 0 Å². The first kappa shape index (κ1) is 19.3. The van der Waals surface area contributed by atoms with Gasteiger partial charge in [0.2, 0.25) is 0 Å². The van der Waals surface area contributed by atoms with Crippen LogP contribution in [0.25, 0.3) is 11.3 Å². The van der Waals surface area contributed by atoms with Crippen molar-refractivity contribution in [3.63, 3.8) is 0 Å². The molecule has 0 unspecified atom stereocenters. The second-order valence-electron chi connectivity index (χ2n) is 5.97. The van der Waals surface area contributed by atoms with Crippen molar-refractivity contribution in [1.82, 2.24) is 15.3 Å². The summed E-state index contributed by atoms with van der Waals surface area (Å²) in [6.45, 7) is 3.84. The van der Waals surface area contributed by atoms with E-state index in [0.29, 0.717) is 11.3 Å². The first-order chi connectivity index (χ1) is 11.7. The number of pyridine rings is 2. The molecular formula is C17H19F4N3O. The average Bonchev–Trinajstić information content (AvgIpc) is 2.56. The number of nitrogens with zero attached hydrogens (tertiary/aromatic N) is 2. The zero-order valence-electron chi connectivity index (χ0n) is 13.8. The molecule has 2 aromatic heterocycles. The smallest absolute Gasteiger partial charge is 0.395 e. The van der Waals surface area contributed by atoms with Crippen molar-refractivity contribution in [3.8, 4) is 11.3 Å². The number of alkyl halides is 3. The Morgan fingerprint density at radius 2 is 1.88 bits per heavy atom. The Balaban J connectivity index is 2.20. The van der Waals surface area contributed by atoms with Crippen LogP contribution in [0.3, 0.4) is 0 Å². The quantitative estimate of drug-likeness (QED) is 0.778. The normalized spacial score (nSPS) is 13.3. The molecule has 0 spiro atoms. The van der Waals surface area contributed by atoms with Crippen LogP contribution in [0.15, 0.2) is 30.5 Å². The van der Waals surface area contributed by atoms with E-state index in [9.17, 15) is 22.7 Å². The molecule has 0 saturated carbocycles. The van der Waals surface area contributed by atoms with E-state index in [4.69, 9.17) is 0 Å². The lowest BCUT2D eigenvalue weighted by Gasteiger charge is -2.20. The summed E-state index contributed by atoms with van der Waals surface area (Å²) in [5, 5.41) is 12.3. The molecule has 0 aliphatic heterocycles. The van der Waals surface area contributed by atoms with Crippen molar-refractivity contribution in [2.75, 3.05) is 6.61 Å². The molecule has 8 heteroatoms. The molecule has 0 amide bonds. The van der Waals surface area contributed by atoms with E-state index in [1.807, 2.05) is 13.8 Å². The van der Waals surface area contributed by atoms with Crippen molar-refractivity contribution in [3.05, 3.63) is 47.7 Å². The zero-order chi connectivity index (χ0) is 18.6. The first-order valence-corrected chi connectivity index (χ1v) is 7.75. The van der Waals surface area contributed by atoms with Gasteiger partial charge in [-0.15, -0.1) is 0 Å². The summed E-state index contributed by atoms with van der Waals surface area (Å²) in [5.74, 6) is -0.382. The third-order valence-electron chi connectivity index (χ3n) is 3.80. The van der Waals surface area contributed by atoms with E-state index < -0.39 is 17.7 Å². The molecule has 136 valence electrons. The molecule has 2 aromatic rings. The summed E-state index contributed by atoms with van der Waals surface area (Å²) in [7, 11) is 0. The Morgan fingerprint density at radius 3 is 2.40 bits per heavy atom. The SMILES string of the molecule is CC(C)[C@H](CO)NCc1nc(-c2ccc(C(F)(F)F)nc2)ccc1F. The van der Waals surface area contributed by atoms with Gasteiger partial charge >= 0.3 is 6.18 Å². The summed E-state index contributed by atoms with van der Waals surface area (Å²) in [6, 6.07) is 4.49. The van der Waals surface area contributed by atoms with Gasteiger partial charge in [-0.2, -0.15) is 13.2 Å². The Morgan fingerprint density at radius 1 is 1.16 bits per heavy atom. The van der Waals surface area contributed by atoms with Gasteiger partial charge in [0, 0.05) is 24.3 Å². The molecule has 0 aliphatic carbocycles. The van der Waals surface area contributed by atoms with Crippen molar-refractivity contribution in [2.45, 2.75) is 32.6 Å². The van der Waals surface area contributed by atoms with Crippen LogP contribution in [-0.2, 0) is 12.7 Å². The van der Waals surface area contributed by atoms with E-state index in [2.05, 4.69) is 15.3 Å². The molecule has 2 heterocycles. The lowest BCUT2D eigenvalue weighted by molar-refractivity contribution is -0.141. The van der Waals surface area contributed by atoms with Gasteiger partial charge in [0.25, 0.3) is 0 Å². The first-order valence-electron chi connectivity index (χ1n) is 7.75. The summed E-state index contributed by atoms with van der Waals surface area (Å²) in [4.78, 5) is 7.54. The molecule has 0 bridgehead atoms. The fourth-order valence-corrected chi connectivity index (χ4v) is 2.22. The molecule has 0 aliphatic rings. The van der Waals surface area contributed by atoms with E-state index >= 15 is 0 Å². The second kappa shape index (κ2) is 7.88. The highest BCUT2D eigenvalue weighted by Gasteiger charge is 2.32. The van der Waals surface area contributed by atoms with Gasteiger partial charge in [0.1, 0.15) is 11.5 Å². The third kappa shape index (κ3) is 4.96. The van der Waals surface area contributed by atoms with Crippen LogP contribution in [0.5, 0.6) is 0 Å². The van der Waals surface area contributed by atoms with Crippen molar-refractivity contribution < 1.29 is 22.7 Å². The fraction of sp³-hybridized carbons (Fsp3) is 0.412. The minimum absolute atomic E-state index is 0.0944. The molecule has 0 fully saturated rings. The highest BCUT2D eigenvalue weighted by Crippen LogP contribution is 2.28. The van der Waals surface area contributed by atoms with E-state index in [-0.39, 0.29) is 30.8 Å². The number of nitrogens with one attached hydrogen (secondary N) is 1. The van der Waals surface area contributed by atoms with Crippen LogP contribution in [0, 0.1) is 11.7 Å². The summed E-state index contributed by atoms with van der Waals surface area (Å²) in [5.41, 5.74) is -0.194. The second-order valence-corrected chi connectivity index (χ2v) is 5.97. The summed E-state index contributed by atoms with van der Waals surface area (Å²) >= 11 is 0. The van der Waals surface area contributed by atoms with Crippen LogP contribution in [-0.4, -0.2) is 27.7 Å². The van der Waals surface area contributed by atoms with Gasteiger partial charge in [-0.25, -0.2) is 9.37 Å². The standard InChI is InChI=1S/C17H19F4N3O/c1-10(2)15(9-25)22-8-14-12(18)4-5-13(24-14)11-3-6-16(23-7-11)17(19,20)21/h3-7,10,15,22,25H,8-9H2,1-2H3/t15-/m0/s1. The topological polar surface area (TPSA) is 58.0 Å². The van der Waals surface area contributed by atoms with Crippen LogP contribution in [0.1, 0.15) is 25.2 Å². The molecule has 2 N–H and O–H groups in total. The number of aromatic nitrogens is 2. The van der Waals surface area contributed by atoms with E-state index in [1.165, 1.54) is 18.2 Å². The molecule has 0 radical (unpaired) electrons. The highest BCUT2D eigenvalue weighted by atomic mass is 19.4. The number of halogens is 4. The van der Waals surface area contributed by atoms with Gasteiger partial charge < -0.3 is 10.4 Å². The van der Waals surface area contributed by atoms with Crippen LogP contribution in [0.2, 0.25) is 0 Å². The van der Waals surface area contributed by atoms with Crippen LogP contribution < -0.4 is 5.32 Å². The lowest BCUT2D eigenvalue weighted by Crippen LogP contribution is -2.36. The number of aliphatic hydroxyl groups is 1. The van der Waals surface area contributed by atoms with Gasteiger partial charge in [0.15, 0.2) is 0 Å². The van der Waals surface area contributed by atoms with Gasteiger partial charge in [-0.05, 0) is 30.2 Å². The Hall–Kier alpha value is -2.06. The molecule has 4 nitrogen and oxygen atoms in total. The fourth-order valence-electron chi connectivity index (χ4n) is 2.22. The maximum Gasteiger partial charge on any atom is 0.433 e. The predicted octanol–water partition coefficient (Wildman–Crippen LogP) is 3.41. The molecule has 1 atom stereocenters. The number of aliphatic hydroxyl groups excluding tert-OH is 1. The van der Waals surface area contributed by atoms with Crippen LogP contribution >= 0.6 is 0 Å². The molecule has 0 aromatic carbocycles. The Kier molecular flexibility index (Phi) is 6.07. The minimum Gasteiger partial charge on any atom is -0.395 e. The number of hydrogen-bond donors (Lipinski definition) is 2. The van der Waals surface area contributed by atoms with Crippen molar-refractivity contribution in [2.24, 2.45) is 5.92 Å². The average molecular weight is 357 g/mol. The van der Waals surface area contributed by atoms with Gasteiger partial charge in [-0.1, -0.05) is 13.8 Å². The highest BCUT2D eigenvalue weighted by molar-refractivity contribution is 5.58. The molecular weight excluding hydrogens is 338 g/mol. The Labute approximate surface area is 142 Å². The van der Waals surface area contributed by atoms with Crippen molar-refractivity contribution in [1.29, 1.82) is 0 Å². The molecule has 25 heavy (non-hydrogen) atoms. The molecule has 0 saturated heterocycles. The Bertz CT molecular complexity index is 702. The number of hydrogen-bond acceptors (Lipinski definition) is 4. The summed E-state index contributed by atoms with van der Waals surface area (Å²) in [6.07, 6.45) is -3.45.